The average molecular weight is 304 g/mol. The molecule has 0 aromatic heterocycles. The Morgan fingerprint density at radius 3 is 2.50 bits per heavy atom. The van der Waals surface area contributed by atoms with Gasteiger partial charge in [0.05, 0.1) is 13.0 Å². The first-order valence-electron chi connectivity index (χ1n) is 7.75. The summed E-state index contributed by atoms with van der Waals surface area (Å²) in [6.07, 6.45) is 1.22. The molecular formula is C17H24N2O3. The quantitative estimate of drug-likeness (QED) is 0.851. The summed E-state index contributed by atoms with van der Waals surface area (Å²) in [6.45, 7) is 4.99. The second-order valence-corrected chi connectivity index (χ2v) is 5.58. The van der Waals surface area contributed by atoms with Gasteiger partial charge in [-0.1, -0.05) is 18.2 Å². The molecule has 0 spiro atoms. The lowest BCUT2D eigenvalue weighted by Crippen LogP contribution is -2.37. The fourth-order valence-corrected chi connectivity index (χ4v) is 2.70. The molecule has 1 saturated heterocycles. The molecule has 1 aliphatic rings. The molecule has 0 bridgehead atoms. The van der Waals surface area contributed by atoms with Crippen LogP contribution in [0.1, 0.15) is 28.8 Å². The first-order valence-corrected chi connectivity index (χ1v) is 7.75. The molecule has 0 N–H and O–H groups in total. The summed E-state index contributed by atoms with van der Waals surface area (Å²) in [5.74, 6) is 0.163. The van der Waals surface area contributed by atoms with E-state index in [0.29, 0.717) is 39.2 Å². The van der Waals surface area contributed by atoms with Crippen molar-refractivity contribution in [3.63, 3.8) is 0 Å². The molecule has 120 valence electrons. The van der Waals surface area contributed by atoms with Crippen molar-refractivity contribution in [2.24, 2.45) is 0 Å². The highest BCUT2D eigenvalue weighted by Crippen LogP contribution is 2.13. The fraction of sp³-hybridized carbons (Fsp3) is 0.529. The maximum Gasteiger partial charge on any atom is 0.254 e. The molecule has 22 heavy (non-hydrogen) atoms. The maximum absolute atomic E-state index is 12.6. The van der Waals surface area contributed by atoms with E-state index in [9.17, 15) is 9.59 Å². The summed E-state index contributed by atoms with van der Waals surface area (Å²) in [5, 5.41) is 0. The molecule has 1 aliphatic heterocycles. The van der Waals surface area contributed by atoms with Gasteiger partial charge < -0.3 is 14.5 Å². The van der Waals surface area contributed by atoms with Crippen LogP contribution in [-0.4, -0.2) is 61.5 Å². The molecule has 0 atom stereocenters. The summed E-state index contributed by atoms with van der Waals surface area (Å²) < 4.78 is 4.95. The highest BCUT2D eigenvalue weighted by atomic mass is 16.5. The van der Waals surface area contributed by atoms with Crippen molar-refractivity contribution in [2.75, 3.05) is 39.9 Å². The summed E-state index contributed by atoms with van der Waals surface area (Å²) in [7, 11) is 1.60. The fourth-order valence-electron chi connectivity index (χ4n) is 2.70. The molecule has 5 nitrogen and oxygen atoms in total. The van der Waals surface area contributed by atoms with Crippen molar-refractivity contribution >= 4 is 11.8 Å². The number of hydrogen-bond donors (Lipinski definition) is 0. The van der Waals surface area contributed by atoms with Gasteiger partial charge in [0.15, 0.2) is 0 Å². The van der Waals surface area contributed by atoms with Crippen LogP contribution < -0.4 is 0 Å². The summed E-state index contributed by atoms with van der Waals surface area (Å²) in [6, 6.07) is 7.64. The molecule has 0 radical (unpaired) electrons. The van der Waals surface area contributed by atoms with Crippen LogP contribution in [0.5, 0.6) is 0 Å². The monoisotopic (exact) mass is 304 g/mol. The topological polar surface area (TPSA) is 49.9 Å². The molecule has 1 aromatic rings. The molecular weight excluding hydrogens is 280 g/mol. The zero-order chi connectivity index (χ0) is 15.9. The number of benzene rings is 1. The predicted octanol–water partition coefficient (Wildman–Crippen LogP) is 1.71. The number of hydrogen-bond acceptors (Lipinski definition) is 3. The van der Waals surface area contributed by atoms with Crippen molar-refractivity contribution in [3.8, 4) is 0 Å². The summed E-state index contributed by atoms with van der Waals surface area (Å²) in [4.78, 5) is 28.4. The van der Waals surface area contributed by atoms with Crippen molar-refractivity contribution < 1.29 is 14.3 Å². The van der Waals surface area contributed by atoms with Crippen molar-refractivity contribution in [1.82, 2.24) is 9.80 Å². The number of amides is 2. The molecule has 0 saturated carbocycles. The number of nitrogens with zero attached hydrogens (tertiary/aromatic N) is 2. The smallest absolute Gasteiger partial charge is 0.254 e. The SMILES string of the molecule is COCCC(=O)N1CCCN(C(=O)c2ccccc2C)CC1. The van der Waals surface area contributed by atoms with E-state index < -0.39 is 0 Å². The highest BCUT2D eigenvalue weighted by Gasteiger charge is 2.23. The van der Waals surface area contributed by atoms with Crippen LogP contribution in [0, 0.1) is 6.92 Å². The third-order valence-corrected chi connectivity index (χ3v) is 4.03. The van der Waals surface area contributed by atoms with Crippen LogP contribution in [0.4, 0.5) is 0 Å². The first-order chi connectivity index (χ1) is 10.6. The third-order valence-electron chi connectivity index (χ3n) is 4.03. The van der Waals surface area contributed by atoms with Gasteiger partial charge in [-0.05, 0) is 25.0 Å². The second kappa shape index (κ2) is 7.94. The third kappa shape index (κ3) is 4.07. The van der Waals surface area contributed by atoms with E-state index in [2.05, 4.69) is 0 Å². The minimum atomic E-state index is 0.0595. The Bertz CT molecular complexity index is 530. The number of methoxy groups -OCH3 is 1. The number of aryl methyl sites for hydroxylation is 1. The highest BCUT2D eigenvalue weighted by molar-refractivity contribution is 5.95. The Labute approximate surface area is 131 Å². The zero-order valence-electron chi connectivity index (χ0n) is 13.4. The van der Waals surface area contributed by atoms with Crippen LogP contribution in [0.25, 0.3) is 0 Å². The van der Waals surface area contributed by atoms with Gasteiger partial charge in [0.2, 0.25) is 5.91 Å². The Hall–Kier alpha value is -1.88. The van der Waals surface area contributed by atoms with Crippen LogP contribution in [0.2, 0.25) is 0 Å². The molecule has 1 heterocycles. The molecule has 1 aromatic carbocycles. The maximum atomic E-state index is 12.6. The number of ether oxygens (including phenoxy) is 1. The van der Waals surface area contributed by atoms with E-state index in [-0.39, 0.29) is 11.8 Å². The van der Waals surface area contributed by atoms with E-state index >= 15 is 0 Å². The van der Waals surface area contributed by atoms with Crippen molar-refractivity contribution in [2.45, 2.75) is 19.8 Å². The number of carbonyl (C=O) groups excluding carboxylic acids is 2. The molecule has 2 rings (SSSR count). The largest absolute Gasteiger partial charge is 0.384 e. The van der Waals surface area contributed by atoms with E-state index in [1.54, 1.807) is 7.11 Å². The molecule has 0 aliphatic carbocycles. The Balaban J connectivity index is 1.97. The molecule has 5 heteroatoms. The second-order valence-electron chi connectivity index (χ2n) is 5.58. The van der Waals surface area contributed by atoms with Crippen LogP contribution >= 0.6 is 0 Å². The summed E-state index contributed by atoms with van der Waals surface area (Å²) in [5.41, 5.74) is 1.74. The van der Waals surface area contributed by atoms with Crippen LogP contribution in [0.3, 0.4) is 0 Å². The van der Waals surface area contributed by atoms with Crippen molar-refractivity contribution in [3.05, 3.63) is 35.4 Å². The Morgan fingerprint density at radius 2 is 1.77 bits per heavy atom. The number of carbonyl (C=O) groups is 2. The molecule has 2 amide bonds. The van der Waals surface area contributed by atoms with Crippen LogP contribution in [0.15, 0.2) is 24.3 Å². The minimum absolute atomic E-state index is 0.0595. The van der Waals surface area contributed by atoms with Crippen LogP contribution in [-0.2, 0) is 9.53 Å². The van der Waals surface area contributed by atoms with Gasteiger partial charge in [-0.2, -0.15) is 0 Å². The lowest BCUT2D eigenvalue weighted by molar-refractivity contribution is -0.132. The molecule has 1 fully saturated rings. The first kappa shape index (κ1) is 16.5. The minimum Gasteiger partial charge on any atom is -0.384 e. The van der Waals surface area contributed by atoms with E-state index in [0.717, 1.165) is 17.5 Å². The van der Waals surface area contributed by atoms with Crippen molar-refractivity contribution in [1.29, 1.82) is 0 Å². The Morgan fingerprint density at radius 1 is 1.09 bits per heavy atom. The normalized spacial score (nSPS) is 15.5. The van der Waals surface area contributed by atoms with Gasteiger partial charge in [-0.3, -0.25) is 9.59 Å². The van der Waals surface area contributed by atoms with E-state index in [4.69, 9.17) is 4.74 Å². The van der Waals surface area contributed by atoms with Gasteiger partial charge in [-0.15, -0.1) is 0 Å². The lowest BCUT2D eigenvalue weighted by atomic mass is 10.1. The van der Waals surface area contributed by atoms with E-state index in [1.165, 1.54) is 0 Å². The average Bonchev–Trinajstić information content (AvgIpc) is 2.78. The lowest BCUT2D eigenvalue weighted by Gasteiger charge is -2.22. The van der Waals surface area contributed by atoms with E-state index in [1.807, 2.05) is 41.0 Å². The van der Waals surface area contributed by atoms with Gasteiger partial charge >= 0.3 is 0 Å². The molecule has 0 unspecified atom stereocenters. The zero-order valence-corrected chi connectivity index (χ0v) is 13.4. The Kier molecular flexibility index (Phi) is 5.95. The van der Waals surface area contributed by atoms with Gasteiger partial charge in [0, 0.05) is 38.9 Å². The van der Waals surface area contributed by atoms with Gasteiger partial charge in [-0.25, -0.2) is 0 Å². The summed E-state index contributed by atoms with van der Waals surface area (Å²) >= 11 is 0. The number of rotatable bonds is 4. The standard InChI is InChI=1S/C17H24N2O3/c1-14-6-3-4-7-15(14)17(21)19-10-5-9-18(11-12-19)16(20)8-13-22-2/h3-4,6-7H,5,8-13H2,1-2H3. The van der Waals surface area contributed by atoms with Gasteiger partial charge in [0.25, 0.3) is 5.91 Å². The predicted molar refractivity (Wildman–Crippen MR) is 84.8 cm³/mol. The van der Waals surface area contributed by atoms with Gasteiger partial charge in [0.1, 0.15) is 0 Å².